The van der Waals surface area contributed by atoms with Crippen LogP contribution in [0.25, 0.3) is 11.0 Å². The first-order valence-corrected chi connectivity index (χ1v) is 8.20. The lowest BCUT2D eigenvalue weighted by Gasteiger charge is -2.22. The first kappa shape index (κ1) is 19.1. The van der Waals surface area contributed by atoms with Gasteiger partial charge in [-0.05, 0) is 30.7 Å². The van der Waals surface area contributed by atoms with E-state index in [9.17, 15) is 23.1 Å². The predicted molar refractivity (Wildman–Crippen MR) is 93.8 cm³/mol. The Hall–Kier alpha value is -2.65. The lowest BCUT2D eigenvalue weighted by atomic mass is 10.2. The summed E-state index contributed by atoms with van der Waals surface area (Å²) >= 11 is 6.04. The number of carbonyl (C=O) groups is 1. The number of anilines is 1. The number of benzene rings is 1. The van der Waals surface area contributed by atoms with Crippen LogP contribution in [0.15, 0.2) is 30.6 Å². The molecule has 0 aliphatic rings. The summed E-state index contributed by atoms with van der Waals surface area (Å²) in [6, 6.07) is 2.99. The van der Waals surface area contributed by atoms with Gasteiger partial charge in [-0.3, -0.25) is 9.78 Å². The van der Waals surface area contributed by atoms with Gasteiger partial charge in [0.25, 0.3) is 5.91 Å². The van der Waals surface area contributed by atoms with Gasteiger partial charge in [-0.1, -0.05) is 11.6 Å². The van der Waals surface area contributed by atoms with E-state index >= 15 is 0 Å². The number of carbonyl (C=O) groups excluding carboxylic acids is 1. The Morgan fingerprint density at radius 3 is 2.74 bits per heavy atom. The Kier molecular flexibility index (Phi) is 5.07. The lowest BCUT2D eigenvalue weighted by molar-refractivity contribution is -0.137. The zero-order valence-electron chi connectivity index (χ0n) is 14.0. The van der Waals surface area contributed by atoms with Crippen LogP contribution in [0, 0.1) is 6.92 Å². The maximum Gasteiger partial charge on any atom is 0.416 e. The maximum atomic E-state index is 12.9. The zero-order valence-corrected chi connectivity index (χ0v) is 14.8. The topological polar surface area (TPSA) is 82.1 Å². The van der Waals surface area contributed by atoms with E-state index in [0.717, 1.165) is 12.1 Å². The van der Waals surface area contributed by atoms with Gasteiger partial charge in [0.15, 0.2) is 5.82 Å². The second-order valence-electron chi connectivity index (χ2n) is 5.76. The van der Waals surface area contributed by atoms with Gasteiger partial charge in [0, 0.05) is 12.7 Å². The van der Waals surface area contributed by atoms with Gasteiger partial charge in [0.2, 0.25) is 0 Å². The molecule has 2 aromatic heterocycles. The van der Waals surface area contributed by atoms with Crippen molar-refractivity contribution in [1.29, 1.82) is 0 Å². The molecular weight excluding hydrogens is 385 g/mol. The normalized spacial score (nSPS) is 11.8. The Morgan fingerprint density at radius 2 is 2.07 bits per heavy atom. The van der Waals surface area contributed by atoms with Gasteiger partial charge in [-0.25, -0.2) is 4.98 Å². The molecule has 142 valence electrons. The number of aliphatic hydroxyl groups is 1. The van der Waals surface area contributed by atoms with Crippen molar-refractivity contribution >= 4 is 34.2 Å². The van der Waals surface area contributed by atoms with Crippen molar-refractivity contribution in [2.75, 3.05) is 18.1 Å². The Balaban J connectivity index is 2.02. The second-order valence-corrected chi connectivity index (χ2v) is 6.17. The van der Waals surface area contributed by atoms with Crippen LogP contribution in [0.3, 0.4) is 0 Å². The molecule has 27 heavy (non-hydrogen) atoms. The molecule has 0 atom stereocenters. The third kappa shape index (κ3) is 3.74. The monoisotopic (exact) mass is 398 g/mol. The molecule has 0 saturated heterocycles. The highest BCUT2D eigenvalue weighted by Gasteiger charge is 2.31. The van der Waals surface area contributed by atoms with Gasteiger partial charge in [-0.2, -0.15) is 13.2 Å². The number of H-pyrrole nitrogens is 1. The highest BCUT2D eigenvalue weighted by atomic mass is 35.5. The Morgan fingerprint density at radius 1 is 1.33 bits per heavy atom. The van der Waals surface area contributed by atoms with E-state index in [4.69, 9.17) is 11.6 Å². The third-order valence-corrected chi connectivity index (χ3v) is 4.38. The molecule has 3 rings (SSSR count). The molecule has 0 saturated carbocycles. The molecule has 0 aliphatic carbocycles. The number of imidazole rings is 1. The fourth-order valence-electron chi connectivity index (χ4n) is 2.60. The molecule has 3 aromatic rings. The Bertz CT molecular complexity index is 1000. The molecule has 1 amide bonds. The smallest absolute Gasteiger partial charge is 0.395 e. The fourth-order valence-corrected chi connectivity index (χ4v) is 2.76. The Labute approximate surface area is 156 Å². The highest BCUT2D eigenvalue weighted by Crippen LogP contribution is 2.31. The number of aliphatic hydroxyl groups excluding tert-OH is 1. The molecule has 6 nitrogen and oxygen atoms in total. The average Bonchev–Trinajstić information content (AvgIpc) is 3.04. The molecule has 0 radical (unpaired) electrons. The van der Waals surface area contributed by atoms with E-state index in [0.29, 0.717) is 16.3 Å². The first-order valence-electron chi connectivity index (χ1n) is 7.82. The maximum absolute atomic E-state index is 12.9. The van der Waals surface area contributed by atoms with Crippen molar-refractivity contribution in [2.24, 2.45) is 0 Å². The number of amides is 1. The van der Waals surface area contributed by atoms with Gasteiger partial charge >= 0.3 is 6.18 Å². The largest absolute Gasteiger partial charge is 0.416 e. The molecule has 0 unspecified atom stereocenters. The van der Waals surface area contributed by atoms with E-state index in [1.54, 1.807) is 6.92 Å². The average molecular weight is 399 g/mol. The van der Waals surface area contributed by atoms with E-state index in [2.05, 4.69) is 15.0 Å². The van der Waals surface area contributed by atoms with Gasteiger partial charge < -0.3 is 15.0 Å². The molecule has 0 spiro atoms. The molecular formula is C17H14ClF3N4O2. The fraction of sp³-hybridized carbons (Fsp3) is 0.235. The van der Waals surface area contributed by atoms with Crippen molar-refractivity contribution in [2.45, 2.75) is 13.1 Å². The predicted octanol–water partition coefficient (Wildman–Crippen LogP) is 3.58. The summed E-state index contributed by atoms with van der Waals surface area (Å²) in [5.74, 6) is -0.780. The van der Waals surface area contributed by atoms with E-state index in [1.165, 1.54) is 23.4 Å². The van der Waals surface area contributed by atoms with Crippen molar-refractivity contribution in [3.63, 3.8) is 0 Å². The molecule has 2 N–H and O–H groups in total. The van der Waals surface area contributed by atoms with Crippen LogP contribution in [-0.2, 0) is 6.18 Å². The van der Waals surface area contributed by atoms with Gasteiger partial charge in [0.05, 0.1) is 40.1 Å². The summed E-state index contributed by atoms with van der Waals surface area (Å²) in [7, 11) is 0. The number of aromatic amines is 1. The third-order valence-electron chi connectivity index (χ3n) is 4.00. The van der Waals surface area contributed by atoms with Crippen LogP contribution in [0.4, 0.5) is 18.9 Å². The molecule has 2 heterocycles. The number of halogens is 4. The minimum absolute atomic E-state index is 0.0121. The van der Waals surface area contributed by atoms with Crippen LogP contribution < -0.4 is 4.90 Å². The number of hydrogen-bond donors (Lipinski definition) is 2. The molecule has 0 fully saturated rings. The zero-order chi connectivity index (χ0) is 19.8. The van der Waals surface area contributed by atoms with E-state index < -0.39 is 17.6 Å². The van der Waals surface area contributed by atoms with Crippen LogP contribution in [-0.4, -0.2) is 39.1 Å². The quantitative estimate of drug-likeness (QED) is 0.703. The summed E-state index contributed by atoms with van der Waals surface area (Å²) in [5, 5.41) is 9.65. The number of rotatable bonds is 4. The summed E-state index contributed by atoms with van der Waals surface area (Å²) in [6.07, 6.45) is -1.68. The number of alkyl halides is 3. The SMILES string of the molecule is Cc1c(Cl)cncc1N(CCO)C(=O)c1nc2cc(C(F)(F)F)ccc2[nH]1. The van der Waals surface area contributed by atoms with Crippen molar-refractivity contribution in [3.05, 3.63) is 52.6 Å². The molecule has 0 bridgehead atoms. The first-order chi connectivity index (χ1) is 12.7. The number of fused-ring (bicyclic) bond motifs is 1. The van der Waals surface area contributed by atoms with Crippen LogP contribution in [0.1, 0.15) is 21.7 Å². The standard InChI is InChI=1S/C17H14ClF3N4O2/c1-9-11(18)7-22-8-14(9)25(4-5-26)16(27)15-23-12-3-2-10(17(19,20)21)6-13(12)24-15/h2-3,6-8,26H,4-5H2,1H3,(H,23,24). The molecule has 10 heteroatoms. The van der Waals surface area contributed by atoms with Crippen molar-refractivity contribution in [3.8, 4) is 0 Å². The number of aromatic nitrogens is 3. The summed E-state index contributed by atoms with van der Waals surface area (Å²) in [6.45, 7) is 1.29. The van der Waals surface area contributed by atoms with Crippen LogP contribution in [0.5, 0.6) is 0 Å². The van der Waals surface area contributed by atoms with Crippen LogP contribution >= 0.6 is 11.6 Å². The number of hydrogen-bond acceptors (Lipinski definition) is 4. The highest BCUT2D eigenvalue weighted by molar-refractivity contribution is 6.31. The summed E-state index contributed by atoms with van der Waals surface area (Å²) in [4.78, 5) is 24.7. The van der Waals surface area contributed by atoms with E-state index in [-0.39, 0.29) is 30.0 Å². The second kappa shape index (κ2) is 7.16. The van der Waals surface area contributed by atoms with E-state index in [1.807, 2.05) is 0 Å². The summed E-state index contributed by atoms with van der Waals surface area (Å²) < 4.78 is 38.6. The molecule has 1 aromatic carbocycles. The summed E-state index contributed by atoms with van der Waals surface area (Å²) in [5.41, 5.74) is 0.388. The number of nitrogens with zero attached hydrogens (tertiary/aromatic N) is 3. The number of pyridine rings is 1. The number of nitrogens with one attached hydrogen (secondary N) is 1. The van der Waals surface area contributed by atoms with Crippen LogP contribution in [0.2, 0.25) is 5.02 Å². The lowest BCUT2D eigenvalue weighted by Crippen LogP contribution is -2.35. The van der Waals surface area contributed by atoms with Crippen molar-refractivity contribution < 1.29 is 23.1 Å². The van der Waals surface area contributed by atoms with Gasteiger partial charge in [0.1, 0.15) is 0 Å². The minimum atomic E-state index is -4.51. The van der Waals surface area contributed by atoms with Gasteiger partial charge in [-0.15, -0.1) is 0 Å². The molecule has 0 aliphatic heterocycles. The van der Waals surface area contributed by atoms with Crippen molar-refractivity contribution in [1.82, 2.24) is 15.0 Å². The minimum Gasteiger partial charge on any atom is -0.395 e.